The van der Waals surface area contributed by atoms with E-state index in [2.05, 4.69) is 75.9 Å². The molecule has 5 rings (SSSR count). The molecule has 3 heterocycles. The summed E-state index contributed by atoms with van der Waals surface area (Å²) in [6, 6.07) is 20.7. The molecule has 2 N–H and O–H groups in total. The molecule has 6 heteroatoms. The van der Waals surface area contributed by atoms with Crippen molar-refractivity contribution in [1.82, 2.24) is 14.9 Å². The molecule has 1 atom stereocenters. The molecule has 1 fully saturated rings. The van der Waals surface area contributed by atoms with Crippen molar-refractivity contribution in [3.8, 4) is 0 Å². The molecule has 35 heavy (non-hydrogen) atoms. The largest absolute Gasteiger partial charge is 0.376 e. The quantitative estimate of drug-likeness (QED) is 0.300. The lowest BCUT2D eigenvalue weighted by Gasteiger charge is -2.14. The van der Waals surface area contributed by atoms with E-state index in [0.29, 0.717) is 6.10 Å². The van der Waals surface area contributed by atoms with Crippen molar-refractivity contribution in [2.75, 3.05) is 50.5 Å². The van der Waals surface area contributed by atoms with Crippen molar-refractivity contribution in [2.45, 2.75) is 32.3 Å². The van der Waals surface area contributed by atoms with Crippen LogP contribution in [0, 0.1) is 0 Å². The Morgan fingerprint density at radius 1 is 0.886 bits per heavy atom. The molecule has 2 aromatic heterocycles. The summed E-state index contributed by atoms with van der Waals surface area (Å²) in [5.41, 5.74) is 0. The van der Waals surface area contributed by atoms with Crippen molar-refractivity contribution in [1.29, 1.82) is 0 Å². The minimum atomic E-state index is 0.343. The van der Waals surface area contributed by atoms with Crippen LogP contribution in [0.1, 0.15) is 26.2 Å². The van der Waals surface area contributed by atoms with Gasteiger partial charge in [0.15, 0.2) is 0 Å². The summed E-state index contributed by atoms with van der Waals surface area (Å²) in [6.45, 7) is 7.11. The van der Waals surface area contributed by atoms with Crippen LogP contribution in [0.4, 0.5) is 11.6 Å². The average molecular weight is 472 g/mol. The van der Waals surface area contributed by atoms with E-state index >= 15 is 0 Å². The zero-order valence-electron chi connectivity index (χ0n) is 20.9. The molecule has 1 unspecified atom stereocenters. The van der Waals surface area contributed by atoms with Gasteiger partial charge in [-0.25, -0.2) is 9.97 Å². The number of pyridine rings is 2. The smallest absolute Gasteiger partial charge is 0.133 e. The Labute approximate surface area is 208 Å². The number of hydrogen-bond donors (Lipinski definition) is 2. The minimum Gasteiger partial charge on any atom is -0.376 e. The first-order chi connectivity index (χ1) is 17.2. The van der Waals surface area contributed by atoms with Crippen LogP contribution in [0.5, 0.6) is 0 Å². The maximum atomic E-state index is 5.60. The van der Waals surface area contributed by atoms with Gasteiger partial charge in [0.25, 0.3) is 0 Å². The molecular formula is C29H37N5O. The zero-order valence-corrected chi connectivity index (χ0v) is 20.9. The van der Waals surface area contributed by atoms with Gasteiger partial charge in [-0.2, -0.15) is 0 Å². The van der Waals surface area contributed by atoms with Gasteiger partial charge >= 0.3 is 0 Å². The Bertz CT molecular complexity index is 1180. The van der Waals surface area contributed by atoms with E-state index in [1.807, 2.05) is 36.7 Å². The summed E-state index contributed by atoms with van der Waals surface area (Å²) < 4.78 is 5.60. The first kappa shape index (κ1) is 24.9. The van der Waals surface area contributed by atoms with Crippen LogP contribution in [0.2, 0.25) is 0 Å². The topological polar surface area (TPSA) is 62.3 Å². The molecular weight excluding hydrogens is 434 g/mol. The number of ether oxygens (including phenoxy) is 1. The Morgan fingerprint density at radius 3 is 2.11 bits per heavy atom. The Balaban J connectivity index is 0.000000165. The standard InChI is InChI=1S/C15H21N3.C14H16N2O/c1-3-18(2)12-6-10-16-15-14-8-5-4-7-13(14)9-11-17-15;1-2-6-13-11(4-1)7-8-15-14(13)16-10-12-5-3-9-17-12/h4-5,7-9,11H,3,6,10,12H2,1-2H3,(H,16,17);1-2,4,6-8,12H,3,5,9-10H2,(H,15,16). The van der Waals surface area contributed by atoms with E-state index in [9.17, 15) is 0 Å². The first-order valence-corrected chi connectivity index (χ1v) is 12.7. The number of anilines is 2. The molecule has 6 nitrogen and oxygen atoms in total. The second-order valence-electron chi connectivity index (χ2n) is 8.95. The molecule has 2 aromatic carbocycles. The van der Waals surface area contributed by atoms with Crippen LogP contribution in [0.3, 0.4) is 0 Å². The second kappa shape index (κ2) is 13.0. The first-order valence-electron chi connectivity index (χ1n) is 12.7. The molecule has 184 valence electrons. The molecule has 0 amide bonds. The molecule has 0 radical (unpaired) electrons. The molecule has 4 aromatic rings. The Morgan fingerprint density at radius 2 is 1.51 bits per heavy atom. The average Bonchev–Trinajstić information content (AvgIpc) is 3.44. The predicted molar refractivity (Wildman–Crippen MR) is 147 cm³/mol. The van der Waals surface area contributed by atoms with Gasteiger partial charge in [-0.1, -0.05) is 55.5 Å². The van der Waals surface area contributed by atoms with Crippen LogP contribution < -0.4 is 10.6 Å². The van der Waals surface area contributed by atoms with Crippen LogP contribution in [0.25, 0.3) is 21.5 Å². The third kappa shape index (κ3) is 7.13. The highest BCUT2D eigenvalue weighted by Crippen LogP contribution is 2.22. The fraction of sp³-hybridized carbons (Fsp3) is 0.379. The van der Waals surface area contributed by atoms with Crippen LogP contribution in [-0.2, 0) is 4.74 Å². The van der Waals surface area contributed by atoms with E-state index in [4.69, 9.17) is 4.74 Å². The van der Waals surface area contributed by atoms with Crippen LogP contribution >= 0.6 is 0 Å². The van der Waals surface area contributed by atoms with Gasteiger partial charge in [0.05, 0.1) is 6.10 Å². The van der Waals surface area contributed by atoms with Crippen molar-refractivity contribution >= 4 is 33.2 Å². The van der Waals surface area contributed by atoms with Gasteiger partial charge in [0, 0.05) is 42.9 Å². The predicted octanol–water partition coefficient (Wildman–Crippen LogP) is 5.81. The highest BCUT2D eigenvalue weighted by atomic mass is 16.5. The lowest BCUT2D eigenvalue weighted by molar-refractivity contribution is 0.120. The van der Waals surface area contributed by atoms with Gasteiger partial charge < -0.3 is 20.3 Å². The number of nitrogens with zero attached hydrogens (tertiary/aromatic N) is 3. The summed E-state index contributed by atoms with van der Waals surface area (Å²) >= 11 is 0. The summed E-state index contributed by atoms with van der Waals surface area (Å²) in [7, 11) is 2.15. The van der Waals surface area contributed by atoms with Gasteiger partial charge in [-0.3, -0.25) is 0 Å². The number of aromatic nitrogens is 2. The highest BCUT2D eigenvalue weighted by molar-refractivity contribution is 5.92. The number of benzene rings is 2. The molecule has 0 aliphatic carbocycles. The Hall–Kier alpha value is -3.22. The van der Waals surface area contributed by atoms with Gasteiger partial charge in [-0.15, -0.1) is 0 Å². The van der Waals surface area contributed by atoms with E-state index in [1.165, 1.54) is 28.0 Å². The van der Waals surface area contributed by atoms with Gasteiger partial charge in [0.2, 0.25) is 0 Å². The molecule has 0 saturated carbocycles. The summed E-state index contributed by atoms with van der Waals surface area (Å²) in [5, 5.41) is 11.7. The molecule has 1 aliphatic rings. The minimum absolute atomic E-state index is 0.343. The van der Waals surface area contributed by atoms with E-state index in [1.54, 1.807) is 0 Å². The normalized spacial score (nSPS) is 15.2. The lowest BCUT2D eigenvalue weighted by atomic mass is 10.1. The van der Waals surface area contributed by atoms with Crippen molar-refractivity contribution < 1.29 is 4.74 Å². The van der Waals surface area contributed by atoms with E-state index in [-0.39, 0.29) is 0 Å². The van der Waals surface area contributed by atoms with Crippen molar-refractivity contribution in [2.24, 2.45) is 0 Å². The van der Waals surface area contributed by atoms with Gasteiger partial charge in [-0.05, 0) is 62.3 Å². The van der Waals surface area contributed by atoms with Crippen LogP contribution in [-0.4, -0.2) is 60.8 Å². The number of hydrogen-bond acceptors (Lipinski definition) is 6. The number of rotatable bonds is 9. The fourth-order valence-corrected chi connectivity index (χ4v) is 4.25. The number of fused-ring (bicyclic) bond motifs is 2. The SMILES string of the molecule is CCN(C)CCCNc1nccc2ccccc12.c1ccc2c(NCC3CCCO3)nccc2c1. The third-order valence-corrected chi connectivity index (χ3v) is 6.42. The third-order valence-electron chi connectivity index (χ3n) is 6.42. The second-order valence-corrected chi connectivity index (χ2v) is 8.95. The van der Waals surface area contributed by atoms with E-state index in [0.717, 1.165) is 57.3 Å². The fourth-order valence-electron chi connectivity index (χ4n) is 4.25. The van der Waals surface area contributed by atoms with Crippen LogP contribution in [0.15, 0.2) is 73.1 Å². The maximum absolute atomic E-state index is 5.60. The lowest BCUT2D eigenvalue weighted by Crippen LogP contribution is -2.21. The molecule has 0 spiro atoms. The summed E-state index contributed by atoms with van der Waals surface area (Å²) in [5.74, 6) is 1.95. The Kier molecular flexibility index (Phi) is 9.26. The van der Waals surface area contributed by atoms with Crippen molar-refractivity contribution in [3.63, 3.8) is 0 Å². The maximum Gasteiger partial charge on any atom is 0.133 e. The summed E-state index contributed by atoms with van der Waals surface area (Å²) in [6.07, 6.45) is 7.52. The monoisotopic (exact) mass is 471 g/mol. The summed E-state index contributed by atoms with van der Waals surface area (Å²) in [4.78, 5) is 11.1. The molecule has 0 bridgehead atoms. The van der Waals surface area contributed by atoms with E-state index < -0.39 is 0 Å². The molecule has 1 saturated heterocycles. The number of nitrogens with one attached hydrogen (secondary N) is 2. The van der Waals surface area contributed by atoms with Crippen molar-refractivity contribution in [3.05, 3.63) is 73.1 Å². The van der Waals surface area contributed by atoms with Gasteiger partial charge in [0.1, 0.15) is 11.6 Å². The zero-order chi connectivity index (χ0) is 24.3. The molecule has 1 aliphatic heterocycles. The highest BCUT2D eigenvalue weighted by Gasteiger charge is 2.15.